The van der Waals surface area contributed by atoms with Crippen LogP contribution in [-0.2, 0) is 0 Å². The topological polar surface area (TPSA) is 33.1 Å². The van der Waals surface area contributed by atoms with Gasteiger partial charge in [0.1, 0.15) is 0 Å². The smallest absolute Gasteiger partial charge is 0.203 e. The number of rotatable bonds is 5. The molecule has 1 heterocycles. The molecule has 2 aliphatic carbocycles. The van der Waals surface area contributed by atoms with Crippen molar-refractivity contribution in [2.75, 3.05) is 26.0 Å². The van der Waals surface area contributed by atoms with Crippen molar-refractivity contribution in [2.24, 2.45) is 0 Å². The first-order valence-electron chi connectivity index (χ1n) is 7.57. The molecule has 1 aromatic heterocycles. The van der Waals surface area contributed by atoms with Gasteiger partial charge in [-0.05, 0) is 46.7 Å². The number of likely N-dealkylation sites (N-methyl/N-ethyl adjacent to an activating group) is 1. The monoisotopic (exact) mass is 262 g/mol. The summed E-state index contributed by atoms with van der Waals surface area (Å²) in [5.74, 6) is 1.08. The summed E-state index contributed by atoms with van der Waals surface area (Å²) in [6, 6.07) is 0.697. The maximum Gasteiger partial charge on any atom is 0.203 e. The standard InChI is InChI=1S/C15H26N4/c1-12-10-19(13-6-7-13)14(17-12)16-11-15(18(2)3)8-4-5-9-15/h10,13H,4-9,11H2,1-3H3,(H,16,17). The van der Waals surface area contributed by atoms with Gasteiger partial charge in [-0.25, -0.2) is 4.98 Å². The Morgan fingerprint density at radius 3 is 2.63 bits per heavy atom. The van der Waals surface area contributed by atoms with Gasteiger partial charge in [-0.2, -0.15) is 0 Å². The minimum atomic E-state index is 0.328. The molecule has 0 spiro atoms. The van der Waals surface area contributed by atoms with Crippen molar-refractivity contribution in [3.63, 3.8) is 0 Å². The molecule has 4 nitrogen and oxygen atoms in total. The average Bonchev–Trinajstić information content (AvgIpc) is 2.97. The van der Waals surface area contributed by atoms with E-state index in [1.807, 2.05) is 0 Å². The van der Waals surface area contributed by atoms with Gasteiger partial charge < -0.3 is 14.8 Å². The Kier molecular flexibility index (Phi) is 3.29. The summed E-state index contributed by atoms with van der Waals surface area (Å²) >= 11 is 0. The Morgan fingerprint density at radius 2 is 2.05 bits per heavy atom. The molecule has 3 rings (SSSR count). The quantitative estimate of drug-likeness (QED) is 0.886. The third-order valence-electron chi connectivity index (χ3n) is 4.85. The van der Waals surface area contributed by atoms with E-state index < -0.39 is 0 Å². The molecule has 0 aliphatic heterocycles. The highest BCUT2D eigenvalue weighted by Gasteiger charge is 2.36. The average molecular weight is 262 g/mol. The fourth-order valence-corrected chi connectivity index (χ4v) is 3.34. The summed E-state index contributed by atoms with van der Waals surface area (Å²) in [5, 5.41) is 3.63. The van der Waals surface area contributed by atoms with Gasteiger partial charge in [0.15, 0.2) is 0 Å². The van der Waals surface area contributed by atoms with Crippen LogP contribution in [-0.4, -0.2) is 40.6 Å². The van der Waals surface area contributed by atoms with Crippen LogP contribution >= 0.6 is 0 Å². The van der Waals surface area contributed by atoms with Crippen LogP contribution in [0, 0.1) is 6.92 Å². The molecular formula is C15H26N4. The zero-order chi connectivity index (χ0) is 13.5. The van der Waals surface area contributed by atoms with Crippen molar-refractivity contribution in [2.45, 2.75) is 57.0 Å². The Balaban J connectivity index is 1.71. The molecule has 0 bridgehead atoms. The minimum absolute atomic E-state index is 0.328. The lowest BCUT2D eigenvalue weighted by molar-refractivity contribution is 0.172. The van der Waals surface area contributed by atoms with E-state index in [2.05, 4.69) is 47.0 Å². The number of imidazole rings is 1. The van der Waals surface area contributed by atoms with Crippen molar-refractivity contribution in [1.29, 1.82) is 0 Å². The van der Waals surface area contributed by atoms with E-state index in [1.165, 1.54) is 38.5 Å². The third-order valence-corrected chi connectivity index (χ3v) is 4.85. The Morgan fingerprint density at radius 1 is 1.37 bits per heavy atom. The van der Waals surface area contributed by atoms with Gasteiger partial charge in [0.05, 0.1) is 5.69 Å². The highest BCUT2D eigenvalue weighted by molar-refractivity contribution is 5.31. The van der Waals surface area contributed by atoms with E-state index >= 15 is 0 Å². The van der Waals surface area contributed by atoms with Crippen LogP contribution in [0.25, 0.3) is 0 Å². The predicted octanol–water partition coefficient (Wildman–Crippen LogP) is 2.81. The number of hydrogen-bond donors (Lipinski definition) is 1. The number of hydrogen-bond acceptors (Lipinski definition) is 3. The summed E-state index contributed by atoms with van der Waals surface area (Å²) in [6.07, 6.45) is 10.1. The van der Waals surface area contributed by atoms with Gasteiger partial charge in [0, 0.05) is 24.3 Å². The maximum absolute atomic E-state index is 4.66. The van der Waals surface area contributed by atoms with Crippen LogP contribution in [0.2, 0.25) is 0 Å². The molecule has 0 unspecified atom stereocenters. The van der Waals surface area contributed by atoms with Crippen molar-refractivity contribution in [3.05, 3.63) is 11.9 Å². The number of aryl methyl sites for hydroxylation is 1. The van der Waals surface area contributed by atoms with Gasteiger partial charge >= 0.3 is 0 Å². The predicted molar refractivity (Wildman–Crippen MR) is 78.6 cm³/mol. The Bertz CT molecular complexity index is 439. The first-order valence-corrected chi connectivity index (χ1v) is 7.57. The van der Waals surface area contributed by atoms with Crippen LogP contribution < -0.4 is 5.32 Å². The van der Waals surface area contributed by atoms with Crippen LogP contribution in [0.1, 0.15) is 50.3 Å². The van der Waals surface area contributed by atoms with E-state index in [1.54, 1.807) is 0 Å². The van der Waals surface area contributed by atoms with Crippen LogP contribution in [0.5, 0.6) is 0 Å². The zero-order valence-corrected chi connectivity index (χ0v) is 12.4. The number of nitrogens with zero attached hydrogens (tertiary/aromatic N) is 3. The highest BCUT2D eigenvalue weighted by Crippen LogP contribution is 2.38. The molecule has 0 radical (unpaired) electrons. The summed E-state index contributed by atoms with van der Waals surface area (Å²) < 4.78 is 2.34. The lowest BCUT2D eigenvalue weighted by atomic mass is 9.96. The Hall–Kier alpha value is -1.03. The largest absolute Gasteiger partial charge is 0.354 e. The molecule has 1 N–H and O–H groups in total. The number of nitrogens with one attached hydrogen (secondary N) is 1. The van der Waals surface area contributed by atoms with Gasteiger partial charge in [-0.3, -0.25) is 0 Å². The van der Waals surface area contributed by atoms with E-state index in [-0.39, 0.29) is 0 Å². The molecule has 2 saturated carbocycles. The van der Waals surface area contributed by atoms with E-state index in [4.69, 9.17) is 0 Å². The number of aromatic nitrogens is 2. The van der Waals surface area contributed by atoms with Crippen molar-refractivity contribution >= 4 is 5.95 Å². The minimum Gasteiger partial charge on any atom is -0.354 e. The fraction of sp³-hybridized carbons (Fsp3) is 0.800. The molecule has 2 fully saturated rings. The summed E-state index contributed by atoms with van der Waals surface area (Å²) in [5.41, 5.74) is 1.45. The second kappa shape index (κ2) is 4.82. The van der Waals surface area contributed by atoms with Gasteiger partial charge in [0.25, 0.3) is 0 Å². The second-order valence-corrected chi connectivity index (χ2v) is 6.52. The van der Waals surface area contributed by atoms with Gasteiger partial charge in [-0.15, -0.1) is 0 Å². The second-order valence-electron chi connectivity index (χ2n) is 6.52. The molecule has 106 valence electrons. The Labute approximate surface area is 116 Å². The number of anilines is 1. The normalized spacial score (nSPS) is 22.1. The van der Waals surface area contributed by atoms with Crippen molar-refractivity contribution in [3.8, 4) is 0 Å². The highest BCUT2D eigenvalue weighted by atomic mass is 15.3. The molecular weight excluding hydrogens is 236 g/mol. The molecule has 2 aliphatic rings. The summed E-state index contributed by atoms with van der Waals surface area (Å²) in [7, 11) is 4.43. The molecule has 0 atom stereocenters. The molecule has 0 saturated heterocycles. The van der Waals surface area contributed by atoms with Gasteiger partial charge in [-0.1, -0.05) is 12.8 Å². The zero-order valence-electron chi connectivity index (χ0n) is 12.4. The molecule has 4 heteroatoms. The molecule has 0 amide bonds. The van der Waals surface area contributed by atoms with Crippen LogP contribution in [0.4, 0.5) is 5.95 Å². The lowest BCUT2D eigenvalue weighted by Crippen LogP contribution is -2.47. The van der Waals surface area contributed by atoms with E-state index in [9.17, 15) is 0 Å². The maximum atomic E-state index is 4.66. The molecule has 1 aromatic rings. The van der Waals surface area contributed by atoms with Crippen LogP contribution in [0.3, 0.4) is 0 Å². The first kappa shape index (κ1) is 13.0. The van der Waals surface area contributed by atoms with Crippen LogP contribution in [0.15, 0.2) is 6.20 Å². The molecule has 0 aromatic carbocycles. The first-order chi connectivity index (χ1) is 9.11. The SMILES string of the molecule is Cc1cn(C2CC2)c(NCC2(N(C)C)CCCC2)n1. The molecule has 19 heavy (non-hydrogen) atoms. The lowest BCUT2D eigenvalue weighted by Gasteiger charge is -2.36. The summed E-state index contributed by atoms with van der Waals surface area (Å²) in [6.45, 7) is 3.10. The fourth-order valence-electron chi connectivity index (χ4n) is 3.34. The van der Waals surface area contributed by atoms with Crippen molar-refractivity contribution in [1.82, 2.24) is 14.5 Å². The van der Waals surface area contributed by atoms with Crippen molar-refractivity contribution < 1.29 is 0 Å². The van der Waals surface area contributed by atoms with E-state index in [0.717, 1.165) is 18.2 Å². The third kappa shape index (κ3) is 2.50. The van der Waals surface area contributed by atoms with Gasteiger partial charge in [0.2, 0.25) is 5.95 Å². The summed E-state index contributed by atoms with van der Waals surface area (Å²) in [4.78, 5) is 7.06. The van der Waals surface area contributed by atoms with E-state index in [0.29, 0.717) is 11.6 Å².